The first-order chi connectivity index (χ1) is 24.1. The maximum Gasteiger partial charge on any atom is 0.243 e. The van der Waals surface area contributed by atoms with E-state index in [1.807, 2.05) is 31.2 Å². The van der Waals surface area contributed by atoms with Crippen LogP contribution in [0.25, 0.3) is 0 Å². The molecule has 266 valence electrons. The highest BCUT2D eigenvalue weighted by Crippen LogP contribution is 2.29. The lowest BCUT2D eigenvalue weighted by Crippen LogP contribution is -2.58. The fourth-order valence-corrected chi connectivity index (χ4v) is 6.82. The van der Waals surface area contributed by atoms with E-state index in [0.717, 1.165) is 43.2 Å². The van der Waals surface area contributed by atoms with Crippen LogP contribution in [0.15, 0.2) is 72.8 Å². The number of nitrogens with zero attached hydrogens (tertiary/aromatic N) is 1. The Morgan fingerprint density at radius 3 is 2.30 bits per heavy atom. The molecule has 1 aliphatic heterocycles. The smallest absolute Gasteiger partial charge is 0.243 e. The predicted molar refractivity (Wildman–Crippen MR) is 192 cm³/mol. The Morgan fingerprint density at radius 2 is 1.58 bits per heavy atom. The van der Waals surface area contributed by atoms with Crippen molar-refractivity contribution in [3.8, 4) is 11.5 Å². The summed E-state index contributed by atoms with van der Waals surface area (Å²) in [5, 5.41) is 19.6. The minimum Gasteiger partial charge on any atom is -0.508 e. The van der Waals surface area contributed by atoms with Crippen molar-refractivity contribution in [2.75, 3.05) is 20.1 Å². The maximum atomic E-state index is 14.1. The third-order valence-corrected chi connectivity index (χ3v) is 9.95. The van der Waals surface area contributed by atoms with Gasteiger partial charge in [-0.2, -0.15) is 0 Å². The van der Waals surface area contributed by atoms with Gasteiger partial charge in [0.2, 0.25) is 17.7 Å². The normalized spacial score (nSPS) is 23.4. The maximum absolute atomic E-state index is 14.1. The van der Waals surface area contributed by atoms with E-state index in [9.17, 15) is 24.3 Å². The second-order valence-electron chi connectivity index (χ2n) is 13.7. The molecule has 1 aliphatic carbocycles. The highest BCUT2D eigenvalue weighted by molar-refractivity contribution is 6.09. The number of benzene rings is 3. The molecule has 0 radical (unpaired) electrons. The van der Waals surface area contributed by atoms with Gasteiger partial charge in [-0.15, -0.1) is 0 Å². The molecule has 3 aromatic rings. The van der Waals surface area contributed by atoms with E-state index in [-0.39, 0.29) is 41.8 Å². The number of rotatable bonds is 5. The Labute approximate surface area is 295 Å². The average molecular weight is 683 g/mol. The van der Waals surface area contributed by atoms with Crippen molar-refractivity contribution in [2.45, 2.75) is 89.4 Å². The lowest BCUT2D eigenvalue weighted by molar-refractivity contribution is -0.142. The molecule has 1 fully saturated rings. The van der Waals surface area contributed by atoms with Crippen LogP contribution in [0, 0.1) is 5.92 Å². The molecule has 10 heteroatoms. The molecule has 50 heavy (non-hydrogen) atoms. The number of fused-ring (bicyclic) bond motifs is 1. The van der Waals surface area contributed by atoms with Crippen LogP contribution in [-0.4, -0.2) is 77.9 Å². The number of carbonyl (C=O) groups is 4. The molecule has 0 saturated heterocycles. The molecule has 1 saturated carbocycles. The number of likely N-dealkylation sites (N-methyl/N-ethyl adjacent to an activating group) is 1. The highest BCUT2D eigenvalue weighted by Gasteiger charge is 2.35. The quantitative estimate of drug-likeness (QED) is 0.290. The molecular formula is C40H50N4O6. The monoisotopic (exact) mass is 682 g/mol. The molecule has 1 heterocycles. The first-order valence-corrected chi connectivity index (χ1v) is 17.9. The first kappa shape index (κ1) is 36.6. The van der Waals surface area contributed by atoms with Gasteiger partial charge in [0.25, 0.3) is 0 Å². The fourth-order valence-electron chi connectivity index (χ4n) is 6.82. The zero-order valence-electron chi connectivity index (χ0n) is 29.3. The minimum atomic E-state index is -0.913. The molecule has 0 spiro atoms. The van der Waals surface area contributed by atoms with Gasteiger partial charge in [-0.25, -0.2) is 0 Å². The van der Waals surface area contributed by atoms with Gasteiger partial charge in [0.15, 0.2) is 5.78 Å². The van der Waals surface area contributed by atoms with Crippen molar-refractivity contribution in [3.63, 3.8) is 0 Å². The van der Waals surface area contributed by atoms with E-state index in [1.54, 1.807) is 62.5 Å². The van der Waals surface area contributed by atoms with Crippen molar-refractivity contribution in [3.05, 3.63) is 95.1 Å². The number of aromatic hydroxyl groups is 1. The number of amides is 3. The molecule has 5 rings (SSSR count). The van der Waals surface area contributed by atoms with Crippen LogP contribution >= 0.6 is 0 Å². The second kappa shape index (κ2) is 17.3. The number of hydrogen-bond donors (Lipinski definition) is 4. The number of ketones is 1. The standard InChI is InChI=1S/C40H50N4O6/c1-26-25-42-36(30-11-6-4-7-12-30)40(49)44(3)27(2)38(47)43-34(39(48)41-22-10-15-29-20-21-33(45)24-35(29)50-26)23-28-16-18-32(19-17-28)37(46)31-13-8-5-9-14-31/h5,8-9,13-14,16-21,24,26-27,30,34,36,42,45H,4,6-7,10-12,15,22-23,25H2,1-3H3,(H,41,48)(H,43,47)/t26-,27-,34-,36+/m1/s1. The number of aryl methyl sites for hydroxylation is 1. The molecule has 4 N–H and O–H groups in total. The summed E-state index contributed by atoms with van der Waals surface area (Å²) in [7, 11) is 1.64. The summed E-state index contributed by atoms with van der Waals surface area (Å²) in [6.07, 6.45) is 6.17. The Hall–Kier alpha value is -4.70. The first-order valence-electron chi connectivity index (χ1n) is 17.9. The summed E-state index contributed by atoms with van der Waals surface area (Å²) < 4.78 is 6.29. The van der Waals surface area contributed by atoms with Crippen molar-refractivity contribution >= 4 is 23.5 Å². The number of carbonyl (C=O) groups excluding carboxylic acids is 4. The van der Waals surface area contributed by atoms with Crippen LogP contribution in [0.3, 0.4) is 0 Å². The molecule has 10 nitrogen and oxygen atoms in total. The van der Waals surface area contributed by atoms with E-state index in [4.69, 9.17) is 4.74 Å². The number of phenolic OH excluding ortho intramolecular Hbond substituents is 1. The van der Waals surface area contributed by atoms with Crippen molar-refractivity contribution < 1.29 is 29.0 Å². The summed E-state index contributed by atoms with van der Waals surface area (Å²) >= 11 is 0. The highest BCUT2D eigenvalue weighted by atomic mass is 16.5. The van der Waals surface area contributed by atoms with Gasteiger partial charge in [0.1, 0.15) is 29.7 Å². The van der Waals surface area contributed by atoms with Gasteiger partial charge in [-0.3, -0.25) is 19.2 Å². The van der Waals surface area contributed by atoms with Crippen LogP contribution in [-0.2, 0) is 27.2 Å². The Balaban J connectivity index is 1.38. The van der Waals surface area contributed by atoms with Gasteiger partial charge >= 0.3 is 0 Å². The van der Waals surface area contributed by atoms with E-state index in [0.29, 0.717) is 42.8 Å². The van der Waals surface area contributed by atoms with Crippen LogP contribution in [0.5, 0.6) is 11.5 Å². The van der Waals surface area contributed by atoms with Crippen LogP contribution < -0.4 is 20.7 Å². The number of hydrogen-bond acceptors (Lipinski definition) is 7. The molecule has 3 aromatic carbocycles. The molecule has 0 unspecified atom stereocenters. The van der Waals surface area contributed by atoms with Crippen LogP contribution in [0.1, 0.15) is 79.4 Å². The van der Waals surface area contributed by atoms with Crippen molar-refractivity contribution in [2.24, 2.45) is 5.92 Å². The van der Waals surface area contributed by atoms with Gasteiger partial charge < -0.3 is 30.7 Å². The van der Waals surface area contributed by atoms with Crippen LogP contribution in [0.2, 0.25) is 0 Å². The van der Waals surface area contributed by atoms with E-state index >= 15 is 0 Å². The van der Waals surface area contributed by atoms with Gasteiger partial charge in [0, 0.05) is 43.8 Å². The third-order valence-electron chi connectivity index (χ3n) is 9.95. The van der Waals surface area contributed by atoms with E-state index in [1.165, 1.54) is 4.90 Å². The topological polar surface area (TPSA) is 137 Å². The van der Waals surface area contributed by atoms with Gasteiger partial charge in [-0.05, 0) is 62.6 Å². The summed E-state index contributed by atoms with van der Waals surface area (Å²) in [6, 6.07) is 18.9. The zero-order chi connectivity index (χ0) is 35.6. The predicted octanol–water partition coefficient (Wildman–Crippen LogP) is 4.57. The van der Waals surface area contributed by atoms with Gasteiger partial charge in [-0.1, -0.05) is 79.9 Å². The number of phenols is 1. The molecule has 2 aliphatic rings. The SMILES string of the molecule is C[C@@H]1CN[C@@H](C2CCCCC2)C(=O)N(C)[C@H](C)C(=O)N[C@H](Cc2ccc(C(=O)c3ccccc3)cc2)C(=O)NCCCc2ccc(O)cc2O1. The van der Waals surface area contributed by atoms with E-state index in [2.05, 4.69) is 16.0 Å². The largest absolute Gasteiger partial charge is 0.508 e. The van der Waals surface area contributed by atoms with Gasteiger partial charge in [0.05, 0.1) is 6.04 Å². The summed E-state index contributed by atoms with van der Waals surface area (Å²) in [4.78, 5) is 55.8. The summed E-state index contributed by atoms with van der Waals surface area (Å²) in [6.45, 7) is 4.36. The Morgan fingerprint density at radius 1 is 0.880 bits per heavy atom. The lowest BCUT2D eigenvalue weighted by Gasteiger charge is -2.35. The number of nitrogens with one attached hydrogen (secondary N) is 3. The molecule has 4 atom stereocenters. The second-order valence-corrected chi connectivity index (χ2v) is 13.7. The third kappa shape index (κ3) is 9.50. The van der Waals surface area contributed by atoms with Crippen molar-refractivity contribution in [1.82, 2.24) is 20.9 Å². The van der Waals surface area contributed by atoms with Crippen molar-refractivity contribution in [1.29, 1.82) is 0 Å². The fraction of sp³-hybridized carbons (Fsp3) is 0.450. The molecular weight excluding hydrogens is 632 g/mol. The Kier molecular flexibility index (Phi) is 12.7. The lowest BCUT2D eigenvalue weighted by atomic mass is 9.83. The Bertz CT molecular complexity index is 1620. The molecule has 3 amide bonds. The number of ether oxygens (including phenoxy) is 1. The zero-order valence-corrected chi connectivity index (χ0v) is 29.3. The minimum absolute atomic E-state index is 0.0984. The van der Waals surface area contributed by atoms with E-state index < -0.39 is 24.0 Å². The molecule has 0 aromatic heterocycles. The summed E-state index contributed by atoms with van der Waals surface area (Å²) in [5.74, 6) is -0.255. The average Bonchev–Trinajstić information content (AvgIpc) is 3.13. The van der Waals surface area contributed by atoms with Crippen LogP contribution in [0.4, 0.5) is 0 Å². The summed E-state index contributed by atoms with van der Waals surface area (Å²) in [5.41, 5.74) is 2.79. The molecule has 0 bridgehead atoms.